The molecule has 8 aromatic carbocycles. The lowest BCUT2D eigenvalue weighted by molar-refractivity contribution is 0.726. The molecule has 514 valence electrons. The summed E-state index contributed by atoms with van der Waals surface area (Å²) in [4.78, 5) is 19.7. The Morgan fingerprint density at radius 2 is 0.426 bits per heavy atom. The summed E-state index contributed by atoms with van der Waals surface area (Å²) in [6.45, 7) is 0. The molecule has 0 fully saturated rings. The van der Waals surface area contributed by atoms with E-state index < -0.39 is 0 Å². The van der Waals surface area contributed by atoms with Gasteiger partial charge in [-0.1, -0.05) is 316 Å². The second-order valence-corrected chi connectivity index (χ2v) is 30.6. The number of aromatic nitrogens is 4. The van der Waals surface area contributed by atoms with E-state index in [0.29, 0.717) is 47.3 Å². The number of nitrogens with one attached hydrogen (secondary N) is 2. The summed E-state index contributed by atoms with van der Waals surface area (Å²) < 4.78 is 0. The zero-order valence-electron chi connectivity index (χ0n) is 60.0. The molecule has 21 rings (SSSR count). The summed E-state index contributed by atoms with van der Waals surface area (Å²) in [5.74, 6) is 3.58. The molecule has 16 bridgehead atoms. The Morgan fingerprint density at radius 3 is 0.648 bits per heavy atom. The maximum Gasteiger partial charge on any atom is 0.0737 e. The van der Waals surface area contributed by atoms with E-state index in [9.17, 15) is 0 Å². The van der Waals surface area contributed by atoms with E-state index in [0.717, 1.165) is 137 Å². The van der Waals surface area contributed by atoms with Gasteiger partial charge < -0.3 is 9.97 Å². The zero-order valence-corrected chi connectivity index (χ0v) is 60.0. The van der Waals surface area contributed by atoms with Gasteiger partial charge in [0.25, 0.3) is 0 Å². The van der Waals surface area contributed by atoms with Crippen molar-refractivity contribution in [2.75, 3.05) is 0 Å². The highest BCUT2D eigenvalue weighted by Crippen LogP contribution is 2.53. The molecule has 0 amide bonds. The topological polar surface area (TPSA) is 57.4 Å². The maximum atomic E-state index is 5.79. The van der Waals surface area contributed by atoms with Gasteiger partial charge in [0.05, 0.1) is 22.8 Å². The molecule has 10 aliphatic rings. The lowest BCUT2D eigenvalue weighted by atomic mass is 9.90. The Morgan fingerprint density at radius 1 is 0.213 bits per heavy atom. The van der Waals surface area contributed by atoms with E-state index in [4.69, 9.17) is 9.97 Å². The summed E-state index contributed by atoms with van der Waals surface area (Å²) in [6, 6.07) is 89.2. The minimum absolute atomic E-state index is 0.436. The van der Waals surface area contributed by atoms with E-state index in [1.807, 2.05) is 0 Å². The number of rotatable bonds is 16. The number of allylic oxidation sites excluding steroid dienone is 20. The van der Waals surface area contributed by atoms with E-state index in [-0.39, 0.29) is 0 Å². The van der Waals surface area contributed by atoms with Crippen molar-refractivity contribution in [2.45, 2.75) is 25.7 Å². The third-order valence-electron chi connectivity index (χ3n) is 24.4. The average molecular weight is 1380 g/mol. The van der Waals surface area contributed by atoms with E-state index in [2.05, 4.69) is 374 Å². The molecule has 8 atom stereocenters. The Bertz CT molecular complexity index is 5380. The van der Waals surface area contributed by atoms with Gasteiger partial charge in [-0.2, -0.15) is 0 Å². The van der Waals surface area contributed by atoms with E-state index in [1.54, 1.807) is 0 Å². The van der Waals surface area contributed by atoms with E-state index >= 15 is 0 Å². The van der Waals surface area contributed by atoms with Gasteiger partial charge in [-0.15, -0.1) is 0 Å². The van der Waals surface area contributed by atoms with Crippen molar-refractivity contribution in [1.82, 2.24) is 19.9 Å². The van der Waals surface area contributed by atoms with Crippen LogP contribution in [0.15, 0.2) is 338 Å². The average Bonchev–Trinajstić information content (AvgIpc) is 1.63. The van der Waals surface area contributed by atoms with Gasteiger partial charge >= 0.3 is 0 Å². The number of aromatic amines is 2. The number of H-pyrrole nitrogens is 2. The van der Waals surface area contributed by atoms with Crippen molar-refractivity contribution < 1.29 is 0 Å². The molecular weight excluding hydrogens is 1310 g/mol. The quantitative estimate of drug-likeness (QED) is 0.0947. The Hall–Kier alpha value is -12.8. The number of benzene rings is 8. The van der Waals surface area contributed by atoms with Gasteiger partial charge in [0.2, 0.25) is 0 Å². The maximum absolute atomic E-state index is 5.79. The molecule has 4 nitrogen and oxygen atoms in total. The monoisotopic (exact) mass is 1380 g/mol. The Balaban J connectivity index is 0.724. The SMILES string of the molecule is C1=Cc2nc1c(-c1ccc(/C=C/C3=C(c4ccccc4)C4C=CC3C4)cc1)c1ccc([nH]1)c(-c1ccc(/C=C/C3=C(c4ccccc4)C4C=CC3C4)cc1)c1nc(c(-c3ccc(/C=C/C4=C(c5ccccc5)C5C=CC4C5)cc3)c3ccc([nH]3)c2-c2ccc(/C=C/C3=C(c4ccccc4)C4C=CC3C4)cc2)C=C1. The van der Waals surface area contributed by atoms with Crippen molar-refractivity contribution in [2.24, 2.45) is 47.3 Å². The lowest BCUT2D eigenvalue weighted by Crippen LogP contribution is -1.96. The fourth-order valence-corrected chi connectivity index (χ4v) is 19.3. The van der Waals surface area contributed by atoms with Gasteiger partial charge in [-0.25, -0.2) is 9.97 Å². The second-order valence-electron chi connectivity index (χ2n) is 30.6. The largest absolute Gasteiger partial charge is 0.354 e. The van der Waals surface area contributed by atoms with Crippen molar-refractivity contribution in [3.05, 3.63) is 405 Å². The Labute approximate surface area is 631 Å². The van der Waals surface area contributed by atoms with Crippen LogP contribution >= 0.6 is 0 Å². The first-order chi connectivity index (χ1) is 53.5. The van der Waals surface area contributed by atoms with Crippen molar-refractivity contribution in [1.29, 1.82) is 0 Å². The fourth-order valence-electron chi connectivity index (χ4n) is 19.3. The molecule has 3 aromatic heterocycles. The van der Waals surface area contributed by atoms with Crippen LogP contribution in [0.3, 0.4) is 0 Å². The number of fused-ring (bicyclic) bond motifs is 16. The fraction of sp³-hybridized carbons (Fsp3) is 0.115. The molecule has 8 aliphatic carbocycles. The van der Waals surface area contributed by atoms with Gasteiger partial charge in [0, 0.05) is 91.7 Å². The van der Waals surface area contributed by atoms with Crippen molar-refractivity contribution >= 4 is 93.0 Å². The summed E-state index contributed by atoms with van der Waals surface area (Å²) in [5.41, 5.74) is 37.1. The smallest absolute Gasteiger partial charge is 0.0737 e. The zero-order chi connectivity index (χ0) is 71.2. The second kappa shape index (κ2) is 26.7. The summed E-state index contributed by atoms with van der Waals surface area (Å²) >= 11 is 0. The molecule has 2 N–H and O–H groups in total. The normalized spacial score (nSPS) is 21.8. The minimum atomic E-state index is 0.436. The highest BCUT2D eigenvalue weighted by molar-refractivity contribution is 6.01. The van der Waals surface area contributed by atoms with Crippen molar-refractivity contribution in [3.8, 4) is 44.5 Å². The first kappa shape index (κ1) is 63.7. The molecule has 0 spiro atoms. The molecule has 0 radical (unpaired) electrons. The first-order valence-electron chi connectivity index (χ1n) is 38.7. The van der Waals surface area contributed by atoms with E-state index in [1.165, 1.54) is 66.8 Å². The third kappa shape index (κ3) is 11.4. The van der Waals surface area contributed by atoms with Crippen LogP contribution in [0.1, 0.15) is 93.0 Å². The molecule has 108 heavy (non-hydrogen) atoms. The number of hydrogen-bond acceptors (Lipinski definition) is 2. The Kier molecular flexibility index (Phi) is 15.7. The van der Waals surface area contributed by atoms with Crippen LogP contribution in [-0.2, 0) is 0 Å². The highest BCUT2D eigenvalue weighted by atomic mass is 14.8. The minimum Gasteiger partial charge on any atom is -0.354 e. The molecule has 5 heterocycles. The molecular formula is C104H78N4. The van der Waals surface area contributed by atoms with Crippen LogP contribution in [0.2, 0.25) is 0 Å². The summed E-state index contributed by atoms with van der Waals surface area (Å²) in [7, 11) is 0. The number of hydrogen-bond donors (Lipinski definition) is 2. The van der Waals surface area contributed by atoms with Crippen LogP contribution in [0.25, 0.3) is 137 Å². The van der Waals surface area contributed by atoms with Crippen LogP contribution in [0.5, 0.6) is 0 Å². The van der Waals surface area contributed by atoms with Crippen LogP contribution in [0, 0.1) is 47.3 Å². The molecule has 0 saturated heterocycles. The van der Waals surface area contributed by atoms with Crippen LogP contribution < -0.4 is 0 Å². The van der Waals surface area contributed by atoms with Crippen molar-refractivity contribution in [3.63, 3.8) is 0 Å². The highest BCUT2D eigenvalue weighted by Gasteiger charge is 2.38. The van der Waals surface area contributed by atoms with Gasteiger partial charge in [0.15, 0.2) is 0 Å². The molecule has 11 aromatic rings. The van der Waals surface area contributed by atoms with Crippen LogP contribution in [0.4, 0.5) is 0 Å². The number of nitrogens with zero attached hydrogens (tertiary/aromatic N) is 2. The lowest BCUT2D eigenvalue weighted by Gasteiger charge is -2.14. The molecule has 4 heteroatoms. The summed E-state index contributed by atoms with van der Waals surface area (Å²) in [6.07, 6.45) is 51.5. The standard InChI is InChI=1S/C104H78N4/c1-5-13-69(14-6-1)97-81-45-41-77(61-81)85(97)49-29-65-21-33-73(34-22-65)101-89-53-55-91(105-89)102(74-35-23-66(24-36-74)30-50-86-78-42-46-82(62-78)98(86)70-15-7-2-8-16-70)93-57-59-95(107-93)104(76-39-27-68(28-40-76)32-52-88-80-44-48-84(64-80)100(88)72-19-11-4-12-20-72)96-60-58-94(108-96)103(92-56-54-90(101)106-92)75-37-25-67(26-38-75)31-51-87-79-43-47-83(63-79)99(87)71-17-9-3-10-18-71/h1-60,77-84,105,108H,61-64H2/b49-29+,50-30+,51-31+,52-32+,101-89?,101-90?,102-91?,102-93?,103-92?,103-94?,104-95?,104-96?. The van der Waals surface area contributed by atoms with Gasteiger partial charge in [-0.05, 0) is 186 Å². The first-order valence-corrected chi connectivity index (χ1v) is 38.7. The summed E-state index contributed by atoms with van der Waals surface area (Å²) in [5, 5.41) is 0. The predicted molar refractivity (Wildman–Crippen MR) is 453 cm³/mol. The van der Waals surface area contributed by atoms with Gasteiger partial charge in [-0.3, -0.25) is 0 Å². The third-order valence-corrected chi connectivity index (χ3v) is 24.4. The molecule has 2 aliphatic heterocycles. The van der Waals surface area contributed by atoms with Crippen LogP contribution in [-0.4, -0.2) is 19.9 Å². The molecule has 8 unspecified atom stereocenters. The molecule has 0 saturated carbocycles. The van der Waals surface area contributed by atoms with Gasteiger partial charge in [0.1, 0.15) is 0 Å². The predicted octanol–water partition coefficient (Wildman–Crippen LogP) is 26.0.